The highest BCUT2D eigenvalue weighted by atomic mass is 15.4. The van der Waals surface area contributed by atoms with Gasteiger partial charge in [0.05, 0.1) is 5.52 Å². The lowest BCUT2D eigenvalue weighted by atomic mass is 10.3. The third-order valence-electron chi connectivity index (χ3n) is 1.46. The molecule has 0 aliphatic carbocycles. The molecule has 0 saturated heterocycles. The normalized spacial score (nSPS) is 10.5. The molecule has 1 radical (unpaired) electrons. The zero-order chi connectivity index (χ0) is 6.97. The number of fused-ring (bicyclic) bond motifs is 1. The molecular formula is C7H6N3. The average molecular weight is 132 g/mol. The van der Waals surface area contributed by atoms with E-state index in [-0.39, 0.29) is 0 Å². The molecule has 49 valence electrons. The van der Waals surface area contributed by atoms with Crippen molar-refractivity contribution in [2.45, 2.75) is 0 Å². The molecule has 1 aromatic carbocycles. The van der Waals surface area contributed by atoms with Crippen LogP contribution < -0.4 is 0 Å². The van der Waals surface area contributed by atoms with Gasteiger partial charge in [-0.25, -0.2) is 4.68 Å². The summed E-state index contributed by atoms with van der Waals surface area (Å²) in [6.45, 7) is 0. The predicted octanol–water partition coefficient (Wildman–Crippen LogP) is 0.768. The molecule has 0 aliphatic heterocycles. The van der Waals surface area contributed by atoms with Crippen molar-refractivity contribution in [3.8, 4) is 0 Å². The third kappa shape index (κ3) is 0.603. The topological polar surface area (TPSA) is 30.7 Å². The summed E-state index contributed by atoms with van der Waals surface area (Å²) in [5.41, 5.74) is 1.93. The summed E-state index contributed by atoms with van der Waals surface area (Å²) in [6, 6.07) is 8.55. The summed E-state index contributed by atoms with van der Waals surface area (Å²) in [5.74, 6) is 0. The van der Waals surface area contributed by atoms with Gasteiger partial charge >= 0.3 is 0 Å². The second kappa shape index (κ2) is 1.80. The Kier molecular flexibility index (Phi) is 0.974. The first-order chi connectivity index (χ1) is 4.88. The first-order valence-corrected chi connectivity index (χ1v) is 3.03. The second-order valence-corrected chi connectivity index (χ2v) is 2.13. The largest absolute Gasteiger partial charge is 0.248 e. The summed E-state index contributed by atoms with van der Waals surface area (Å²) >= 11 is 0. The van der Waals surface area contributed by atoms with Crippen LogP contribution in [0.1, 0.15) is 0 Å². The van der Waals surface area contributed by atoms with Crippen LogP contribution >= 0.6 is 0 Å². The minimum atomic E-state index is 0.918. The fraction of sp³-hybridized carbons (Fsp3) is 0.143. The molecule has 0 atom stereocenters. The maximum atomic E-state index is 3.91. The number of nitrogens with zero attached hydrogens (tertiary/aromatic N) is 3. The molecule has 3 heteroatoms. The smallest absolute Gasteiger partial charge is 0.113 e. The highest BCUT2D eigenvalue weighted by Crippen LogP contribution is 2.06. The van der Waals surface area contributed by atoms with Gasteiger partial charge in [-0.3, -0.25) is 0 Å². The second-order valence-electron chi connectivity index (χ2n) is 2.13. The van der Waals surface area contributed by atoms with Crippen molar-refractivity contribution in [3.05, 3.63) is 24.3 Å². The number of rotatable bonds is 0. The summed E-state index contributed by atoms with van der Waals surface area (Å²) in [7, 11) is 1.86. The van der Waals surface area contributed by atoms with E-state index >= 15 is 0 Å². The van der Waals surface area contributed by atoms with Crippen molar-refractivity contribution in [2.24, 2.45) is 7.05 Å². The zero-order valence-electron chi connectivity index (χ0n) is 5.57. The van der Waals surface area contributed by atoms with E-state index in [1.165, 1.54) is 0 Å². The van der Waals surface area contributed by atoms with Crippen molar-refractivity contribution in [3.63, 3.8) is 0 Å². The Balaban J connectivity index is 2.93. The van der Waals surface area contributed by atoms with Gasteiger partial charge in [0, 0.05) is 7.05 Å². The Labute approximate surface area is 58.3 Å². The minimum absolute atomic E-state index is 0.918. The van der Waals surface area contributed by atoms with Crippen molar-refractivity contribution >= 4 is 11.0 Å². The van der Waals surface area contributed by atoms with E-state index in [2.05, 4.69) is 16.4 Å². The molecule has 0 fully saturated rings. The van der Waals surface area contributed by atoms with Gasteiger partial charge in [-0.1, -0.05) is 11.3 Å². The molecule has 10 heavy (non-hydrogen) atoms. The standard InChI is InChI=1S/C7H6N3/c1-10-7-5-3-2-4-6(7)8-9-10/h2,4-5H,1H3. The van der Waals surface area contributed by atoms with Crippen LogP contribution in [0.25, 0.3) is 11.0 Å². The minimum Gasteiger partial charge on any atom is -0.248 e. The van der Waals surface area contributed by atoms with Crippen LogP contribution in [0.4, 0.5) is 0 Å². The Morgan fingerprint density at radius 3 is 3.30 bits per heavy atom. The van der Waals surface area contributed by atoms with Gasteiger partial charge in [0.15, 0.2) is 0 Å². The molecule has 0 spiro atoms. The van der Waals surface area contributed by atoms with E-state index in [0.717, 1.165) is 11.0 Å². The van der Waals surface area contributed by atoms with E-state index in [1.54, 1.807) is 4.68 Å². The lowest BCUT2D eigenvalue weighted by molar-refractivity contribution is 0.736. The van der Waals surface area contributed by atoms with E-state index in [0.29, 0.717) is 0 Å². The molecule has 3 nitrogen and oxygen atoms in total. The molecule has 1 aromatic heterocycles. The molecule has 0 aliphatic rings. The Hall–Kier alpha value is -1.38. The van der Waals surface area contributed by atoms with Crippen LogP contribution in [0.15, 0.2) is 18.2 Å². The van der Waals surface area contributed by atoms with Crippen LogP contribution in [0.5, 0.6) is 0 Å². The summed E-state index contributed by atoms with van der Waals surface area (Å²) < 4.78 is 1.73. The number of hydrogen-bond donors (Lipinski definition) is 0. The number of aromatic nitrogens is 3. The van der Waals surface area contributed by atoms with Gasteiger partial charge in [-0.2, -0.15) is 0 Å². The average Bonchev–Trinajstić information content (AvgIpc) is 2.34. The van der Waals surface area contributed by atoms with Gasteiger partial charge < -0.3 is 0 Å². The predicted molar refractivity (Wildman–Crippen MR) is 37.3 cm³/mol. The van der Waals surface area contributed by atoms with E-state index < -0.39 is 0 Å². The van der Waals surface area contributed by atoms with Gasteiger partial charge in [-0.15, -0.1) is 5.10 Å². The molecule has 2 rings (SSSR count). The molecule has 0 bridgehead atoms. The maximum absolute atomic E-state index is 3.91. The summed E-state index contributed by atoms with van der Waals surface area (Å²) in [5, 5.41) is 7.75. The van der Waals surface area contributed by atoms with Gasteiger partial charge in [0.2, 0.25) is 0 Å². The van der Waals surface area contributed by atoms with E-state index in [1.807, 2.05) is 25.2 Å². The Bertz CT molecular complexity index is 350. The number of aryl methyl sites for hydroxylation is 1. The van der Waals surface area contributed by atoms with Crippen molar-refractivity contribution in [1.82, 2.24) is 15.0 Å². The SMILES string of the molecule is Cn1nnc2cc[c]cc21. The fourth-order valence-electron chi connectivity index (χ4n) is 0.921. The van der Waals surface area contributed by atoms with Crippen molar-refractivity contribution in [2.75, 3.05) is 0 Å². The summed E-state index contributed by atoms with van der Waals surface area (Å²) in [6.07, 6.45) is 0. The molecule has 0 saturated carbocycles. The molecule has 1 heterocycles. The van der Waals surface area contributed by atoms with Crippen LogP contribution in [-0.2, 0) is 7.05 Å². The quantitative estimate of drug-likeness (QED) is 0.530. The van der Waals surface area contributed by atoms with Crippen LogP contribution in [0.2, 0.25) is 0 Å². The highest BCUT2D eigenvalue weighted by Gasteiger charge is 1.96. The van der Waals surface area contributed by atoms with Crippen LogP contribution in [0, 0.1) is 6.07 Å². The van der Waals surface area contributed by atoms with Gasteiger partial charge in [0.25, 0.3) is 0 Å². The Morgan fingerprint density at radius 1 is 1.60 bits per heavy atom. The lowest BCUT2D eigenvalue weighted by Gasteiger charge is -1.86. The van der Waals surface area contributed by atoms with Crippen molar-refractivity contribution < 1.29 is 0 Å². The number of benzene rings is 1. The monoisotopic (exact) mass is 132 g/mol. The molecule has 2 aromatic rings. The highest BCUT2D eigenvalue weighted by molar-refractivity contribution is 5.73. The first kappa shape index (κ1) is 5.41. The van der Waals surface area contributed by atoms with Gasteiger partial charge in [0.1, 0.15) is 5.52 Å². The Morgan fingerprint density at radius 2 is 2.50 bits per heavy atom. The molecule has 0 amide bonds. The van der Waals surface area contributed by atoms with Crippen LogP contribution in [-0.4, -0.2) is 15.0 Å². The van der Waals surface area contributed by atoms with E-state index in [9.17, 15) is 0 Å². The molecular weight excluding hydrogens is 126 g/mol. The van der Waals surface area contributed by atoms with Crippen molar-refractivity contribution in [1.29, 1.82) is 0 Å². The van der Waals surface area contributed by atoms with Gasteiger partial charge in [-0.05, 0) is 18.2 Å². The first-order valence-electron chi connectivity index (χ1n) is 3.03. The number of hydrogen-bond acceptors (Lipinski definition) is 2. The lowest BCUT2D eigenvalue weighted by Crippen LogP contribution is -1.88. The summed E-state index contributed by atoms with van der Waals surface area (Å²) in [4.78, 5) is 0. The van der Waals surface area contributed by atoms with Crippen LogP contribution in [0.3, 0.4) is 0 Å². The zero-order valence-corrected chi connectivity index (χ0v) is 5.57. The fourth-order valence-corrected chi connectivity index (χ4v) is 0.921. The third-order valence-corrected chi connectivity index (χ3v) is 1.46. The maximum Gasteiger partial charge on any atom is 0.113 e. The molecule has 0 N–H and O–H groups in total. The van der Waals surface area contributed by atoms with E-state index in [4.69, 9.17) is 0 Å². The molecule has 0 unspecified atom stereocenters.